The second-order valence-corrected chi connectivity index (χ2v) is 9.19. The molecule has 2 atom stereocenters. The van der Waals surface area contributed by atoms with Crippen LogP contribution in [0.3, 0.4) is 0 Å². The highest BCUT2D eigenvalue weighted by atomic mass is 32.1. The first-order chi connectivity index (χ1) is 13.8. The van der Waals surface area contributed by atoms with Gasteiger partial charge in [0.15, 0.2) is 5.13 Å². The van der Waals surface area contributed by atoms with Gasteiger partial charge in [0.1, 0.15) is 0 Å². The number of aromatic nitrogens is 1. The van der Waals surface area contributed by atoms with Gasteiger partial charge in [-0.1, -0.05) is 30.3 Å². The first-order valence-corrected chi connectivity index (χ1v) is 10.9. The highest BCUT2D eigenvalue weighted by Crippen LogP contribution is 2.48. The zero-order valence-electron chi connectivity index (χ0n) is 17.6. The molecule has 1 saturated carbocycles. The monoisotopic (exact) mass is 414 g/mol. The van der Waals surface area contributed by atoms with Gasteiger partial charge in [0.25, 0.3) is 0 Å². The number of nitrogens with zero attached hydrogens (tertiary/aromatic N) is 3. The van der Waals surface area contributed by atoms with E-state index < -0.39 is 0 Å². The summed E-state index contributed by atoms with van der Waals surface area (Å²) in [7, 11) is 4.02. The van der Waals surface area contributed by atoms with Gasteiger partial charge in [0.05, 0.1) is 12.2 Å². The van der Waals surface area contributed by atoms with Crippen LogP contribution in [0.2, 0.25) is 0 Å². The average Bonchev–Trinajstić information content (AvgIpc) is 3.41. The van der Waals surface area contributed by atoms with Crippen molar-refractivity contribution in [1.82, 2.24) is 14.8 Å². The Morgan fingerprint density at radius 1 is 1.17 bits per heavy atom. The van der Waals surface area contributed by atoms with Crippen LogP contribution in [-0.4, -0.2) is 60.3 Å². The molecule has 1 heterocycles. The van der Waals surface area contributed by atoms with Crippen LogP contribution in [0.1, 0.15) is 34.9 Å². The van der Waals surface area contributed by atoms with Gasteiger partial charge in [-0.15, -0.1) is 11.3 Å². The quantitative estimate of drug-likeness (QED) is 0.684. The fourth-order valence-electron chi connectivity index (χ4n) is 3.47. The summed E-state index contributed by atoms with van der Waals surface area (Å²) in [5, 5.41) is 3.45. The number of hydrogen-bond acceptors (Lipinski definition) is 5. The number of aryl methyl sites for hydroxylation is 2. The minimum Gasteiger partial charge on any atom is -0.333 e. The number of nitrogens with one attached hydrogen (secondary N) is 1. The van der Waals surface area contributed by atoms with Crippen LogP contribution in [0.15, 0.2) is 30.3 Å². The lowest BCUT2D eigenvalue weighted by Crippen LogP contribution is -2.40. The molecule has 0 aliphatic heterocycles. The molecule has 29 heavy (non-hydrogen) atoms. The van der Waals surface area contributed by atoms with Crippen LogP contribution in [0.5, 0.6) is 0 Å². The van der Waals surface area contributed by atoms with Crippen LogP contribution in [0, 0.1) is 19.8 Å². The van der Waals surface area contributed by atoms with Gasteiger partial charge < -0.3 is 15.1 Å². The highest BCUT2D eigenvalue weighted by molar-refractivity contribution is 7.15. The van der Waals surface area contributed by atoms with Crippen molar-refractivity contribution >= 4 is 28.3 Å². The van der Waals surface area contributed by atoms with Gasteiger partial charge >= 0.3 is 0 Å². The minimum atomic E-state index is -0.186. The topological polar surface area (TPSA) is 65.5 Å². The fraction of sp³-hybridized carbons (Fsp3) is 0.500. The molecular formula is C22H30N4O2S. The Hall–Kier alpha value is -2.25. The summed E-state index contributed by atoms with van der Waals surface area (Å²) in [4.78, 5) is 35.0. The summed E-state index contributed by atoms with van der Waals surface area (Å²) in [6.45, 7) is 5.44. The number of rotatable bonds is 9. The van der Waals surface area contributed by atoms with Crippen molar-refractivity contribution < 1.29 is 9.59 Å². The Morgan fingerprint density at radius 3 is 2.52 bits per heavy atom. The van der Waals surface area contributed by atoms with E-state index in [0.717, 1.165) is 30.0 Å². The number of carbonyl (C=O) groups is 2. The molecule has 1 aliphatic rings. The van der Waals surface area contributed by atoms with E-state index in [1.165, 1.54) is 16.9 Å². The highest BCUT2D eigenvalue weighted by Gasteiger charge is 2.45. The predicted molar refractivity (Wildman–Crippen MR) is 117 cm³/mol. The molecule has 1 fully saturated rings. The van der Waals surface area contributed by atoms with Crippen molar-refractivity contribution in [3.05, 3.63) is 46.5 Å². The lowest BCUT2D eigenvalue weighted by molar-refractivity contribution is -0.136. The third kappa shape index (κ3) is 5.87. The fourth-order valence-corrected chi connectivity index (χ4v) is 4.31. The number of benzene rings is 1. The molecular weight excluding hydrogens is 384 g/mol. The standard InChI is InChI=1S/C22H30N4O2S/c1-15-16(2)29-22(23-15)24-20(27)14-26(12-8-11-25(3)4)21(28)19-13-18(19)17-9-6-5-7-10-17/h5-7,9-10,18-19H,8,11-14H2,1-4H3,(H,23,24,27). The number of carbonyl (C=O) groups excluding carboxylic acids is 2. The van der Waals surface area contributed by atoms with Gasteiger partial charge in [0, 0.05) is 17.3 Å². The van der Waals surface area contributed by atoms with Crippen molar-refractivity contribution in [2.24, 2.45) is 5.92 Å². The Balaban J connectivity index is 1.62. The van der Waals surface area contributed by atoms with E-state index in [-0.39, 0.29) is 30.2 Å². The maximum Gasteiger partial charge on any atom is 0.245 e. The summed E-state index contributed by atoms with van der Waals surface area (Å²) in [5.74, 6) is 0.148. The van der Waals surface area contributed by atoms with Gasteiger partial charge in [-0.3, -0.25) is 9.59 Å². The van der Waals surface area contributed by atoms with Crippen LogP contribution in [-0.2, 0) is 9.59 Å². The van der Waals surface area contributed by atoms with Crippen molar-refractivity contribution in [3.8, 4) is 0 Å². The number of thiazole rings is 1. The Morgan fingerprint density at radius 2 is 1.90 bits per heavy atom. The summed E-state index contributed by atoms with van der Waals surface area (Å²) in [6, 6.07) is 10.2. The van der Waals surface area contributed by atoms with Gasteiger partial charge in [-0.25, -0.2) is 4.98 Å². The molecule has 1 aliphatic carbocycles. The van der Waals surface area contributed by atoms with E-state index in [0.29, 0.717) is 11.7 Å². The van der Waals surface area contributed by atoms with Gasteiger partial charge in [0.2, 0.25) is 11.8 Å². The van der Waals surface area contributed by atoms with Crippen molar-refractivity contribution in [1.29, 1.82) is 0 Å². The average molecular weight is 415 g/mol. The molecule has 6 nitrogen and oxygen atoms in total. The van der Waals surface area contributed by atoms with Crippen molar-refractivity contribution in [2.75, 3.05) is 39.0 Å². The largest absolute Gasteiger partial charge is 0.333 e. The second-order valence-electron chi connectivity index (χ2n) is 7.98. The second kappa shape index (κ2) is 9.50. The molecule has 0 bridgehead atoms. The van der Waals surface area contributed by atoms with E-state index in [4.69, 9.17) is 0 Å². The molecule has 1 aromatic carbocycles. The number of hydrogen-bond donors (Lipinski definition) is 1. The zero-order valence-corrected chi connectivity index (χ0v) is 18.5. The molecule has 0 radical (unpaired) electrons. The normalized spacial score (nSPS) is 18.0. The smallest absolute Gasteiger partial charge is 0.245 e. The minimum absolute atomic E-state index is 0.0195. The van der Waals surface area contributed by atoms with Crippen LogP contribution < -0.4 is 5.32 Å². The van der Waals surface area contributed by atoms with Gasteiger partial charge in [-0.2, -0.15) is 0 Å². The predicted octanol–water partition coefficient (Wildman–Crippen LogP) is 3.28. The van der Waals surface area contributed by atoms with Gasteiger partial charge in [-0.05, 0) is 58.8 Å². The lowest BCUT2D eigenvalue weighted by Gasteiger charge is -2.23. The van der Waals surface area contributed by atoms with E-state index in [2.05, 4.69) is 27.3 Å². The molecule has 0 spiro atoms. The molecule has 2 unspecified atom stereocenters. The van der Waals surface area contributed by atoms with E-state index >= 15 is 0 Å². The summed E-state index contributed by atoms with van der Waals surface area (Å²) < 4.78 is 0. The molecule has 1 aromatic heterocycles. The van der Waals surface area contributed by atoms with E-state index in [1.54, 1.807) is 4.90 Å². The lowest BCUT2D eigenvalue weighted by atomic mass is 10.1. The third-order valence-corrected chi connectivity index (χ3v) is 6.28. The Labute approximate surface area is 176 Å². The molecule has 2 amide bonds. The maximum absolute atomic E-state index is 13.1. The number of amides is 2. The maximum atomic E-state index is 13.1. The van der Waals surface area contributed by atoms with E-state index in [1.807, 2.05) is 46.1 Å². The molecule has 2 aromatic rings. The molecule has 156 valence electrons. The molecule has 7 heteroatoms. The molecule has 0 saturated heterocycles. The zero-order chi connectivity index (χ0) is 21.0. The summed E-state index contributed by atoms with van der Waals surface area (Å²) in [5.41, 5.74) is 2.13. The Bertz CT molecular complexity index is 830. The molecule has 3 rings (SSSR count). The molecule has 1 N–H and O–H groups in total. The van der Waals surface area contributed by atoms with Crippen LogP contribution >= 0.6 is 11.3 Å². The van der Waals surface area contributed by atoms with Crippen molar-refractivity contribution in [2.45, 2.75) is 32.6 Å². The van der Waals surface area contributed by atoms with Crippen molar-refractivity contribution in [3.63, 3.8) is 0 Å². The first kappa shape index (κ1) is 21.5. The number of anilines is 1. The van der Waals surface area contributed by atoms with Crippen LogP contribution in [0.25, 0.3) is 0 Å². The Kier molecular flexibility index (Phi) is 7.03. The SMILES string of the molecule is Cc1nc(NC(=O)CN(CCCN(C)C)C(=O)C2CC2c2ccccc2)sc1C. The summed E-state index contributed by atoms with van der Waals surface area (Å²) in [6.07, 6.45) is 1.70. The summed E-state index contributed by atoms with van der Waals surface area (Å²) >= 11 is 1.46. The van der Waals surface area contributed by atoms with Crippen LogP contribution in [0.4, 0.5) is 5.13 Å². The third-order valence-electron chi connectivity index (χ3n) is 5.29. The first-order valence-electron chi connectivity index (χ1n) is 10.1. The van der Waals surface area contributed by atoms with E-state index in [9.17, 15) is 9.59 Å².